The first kappa shape index (κ1) is 16.7. The van der Waals surface area contributed by atoms with Crippen molar-refractivity contribution in [1.82, 2.24) is 10.3 Å². The number of carbonyl (C=O) groups excluding carboxylic acids is 1. The second-order valence-electron chi connectivity index (χ2n) is 5.01. The Hall–Kier alpha value is -2.18. The van der Waals surface area contributed by atoms with E-state index in [-0.39, 0.29) is 11.7 Å². The quantitative estimate of drug-likeness (QED) is 0.674. The first-order valence-corrected chi connectivity index (χ1v) is 8.59. The van der Waals surface area contributed by atoms with E-state index < -0.39 is 0 Å². The van der Waals surface area contributed by atoms with Gasteiger partial charge in [-0.15, -0.1) is 0 Å². The predicted octanol–water partition coefficient (Wildman–Crippen LogP) is 3.90. The Morgan fingerprint density at radius 1 is 1.29 bits per heavy atom. The van der Waals surface area contributed by atoms with Gasteiger partial charge < -0.3 is 14.5 Å². The highest BCUT2D eigenvalue weighted by molar-refractivity contribution is 7.99. The fraction of sp³-hybridized carbons (Fsp3) is 0.176. The SMILES string of the molecule is COc1ccc(CNC(=O)CSc2nc3ccc(Cl)cc3o2)cc1. The Balaban J connectivity index is 1.50. The van der Waals surface area contributed by atoms with E-state index in [1.807, 2.05) is 24.3 Å². The lowest BCUT2D eigenvalue weighted by Crippen LogP contribution is -2.24. The van der Waals surface area contributed by atoms with Crippen molar-refractivity contribution in [2.24, 2.45) is 0 Å². The maximum absolute atomic E-state index is 11.9. The molecule has 7 heteroatoms. The van der Waals surface area contributed by atoms with Crippen molar-refractivity contribution in [3.05, 3.63) is 53.1 Å². The summed E-state index contributed by atoms with van der Waals surface area (Å²) in [6, 6.07) is 12.8. The number of hydrogen-bond acceptors (Lipinski definition) is 5. The summed E-state index contributed by atoms with van der Waals surface area (Å²) in [7, 11) is 1.62. The van der Waals surface area contributed by atoms with Gasteiger partial charge in [0.05, 0.1) is 12.9 Å². The average molecular weight is 363 g/mol. The first-order chi connectivity index (χ1) is 11.6. The molecule has 0 fully saturated rings. The molecule has 124 valence electrons. The van der Waals surface area contributed by atoms with Crippen LogP contribution in [-0.2, 0) is 11.3 Å². The van der Waals surface area contributed by atoms with Gasteiger partial charge in [-0.1, -0.05) is 35.5 Å². The zero-order valence-corrected chi connectivity index (χ0v) is 14.5. The van der Waals surface area contributed by atoms with Crippen LogP contribution in [0.15, 0.2) is 52.1 Å². The molecule has 1 aromatic heterocycles. The van der Waals surface area contributed by atoms with Gasteiger partial charge in [0.2, 0.25) is 5.91 Å². The number of carbonyl (C=O) groups is 1. The van der Waals surface area contributed by atoms with E-state index >= 15 is 0 Å². The van der Waals surface area contributed by atoms with E-state index in [2.05, 4.69) is 10.3 Å². The molecule has 24 heavy (non-hydrogen) atoms. The van der Waals surface area contributed by atoms with E-state index in [1.165, 1.54) is 11.8 Å². The van der Waals surface area contributed by atoms with Gasteiger partial charge in [0, 0.05) is 17.6 Å². The average Bonchev–Trinajstić information content (AvgIpc) is 3.00. The van der Waals surface area contributed by atoms with Crippen LogP contribution in [-0.4, -0.2) is 23.8 Å². The second-order valence-corrected chi connectivity index (χ2v) is 6.37. The number of nitrogens with zero attached hydrogens (tertiary/aromatic N) is 1. The fourth-order valence-electron chi connectivity index (χ4n) is 2.06. The highest BCUT2D eigenvalue weighted by atomic mass is 35.5. The van der Waals surface area contributed by atoms with Crippen molar-refractivity contribution in [2.45, 2.75) is 11.8 Å². The molecule has 5 nitrogen and oxygen atoms in total. The fourth-order valence-corrected chi connectivity index (χ4v) is 2.89. The molecule has 0 unspecified atom stereocenters. The van der Waals surface area contributed by atoms with Gasteiger partial charge in [0.15, 0.2) is 5.58 Å². The Morgan fingerprint density at radius 2 is 2.08 bits per heavy atom. The molecule has 0 spiro atoms. The zero-order valence-electron chi connectivity index (χ0n) is 12.9. The van der Waals surface area contributed by atoms with Gasteiger partial charge in [0.25, 0.3) is 5.22 Å². The highest BCUT2D eigenvalue weighted by Crippen LogP contribution is 2.25. The van der Waals surface area contributed by atoms with Crippen molar-refractivity contribution in [3.8, 4) is 5.75 Å². The normalized spacial score (nSPS) is 10.8. The van der Waals surface area contributed by atoms with Crippen LogP contribution in [0.5, 0.6) is 5.75 Å². The number of hydrogen-bond donors (Lipinski definition) is 1. The number of thioether (sulfide) groups is 1. The van der Waals surface area contributed by atoms with Crippen molar-refractivity contribution in [1.29, 1.82) is 0 Å². The van der Waals surface area contributed by atoms with Crippen LogP contribution in [0.2, 0.25) is 5.02 Å². The summed E-state index contributed by atoms with van der Waals surface area (Å²) in [5.74, 6) is 0.935. The standard InChI is InChI=1S/C17H15ClN2O3S/c1-22-13-5-2-11(3-6-13)9-19-16(21)10-24-17-20-14-7-4-12(18)8-15(14)23-17/h2-8H,9-10H2,1H3,(H,19,21). The molecule has 3 rings (SSSR count). The second kappa shape index (κ2) is 7.59. The van der Waals surface area contributed by atoms with E-state index in [0.29, 0.717) is 22.4 Å². The third-order valence-electron chi connectivity index (χ3n) is 3.31. The van der Waals surface area contributed by atoms with Crippen molar-refractivity contribution >= 4 is 40.4 Å². The van der Waals surface area contributed by atoms with E-state index in [0.717, 1.165) is 16.8 Å². The van der Waals surface area contributed by atoms with Crippen LogP contribution in [0.4, 0.5) is 0 Å². The summed E-state index contributed by atoms with van der Waals surface area (Å²) in [4.78, 5) is 16.2. The minimum absolute atomic E-state index is 0.0869. The summed E-state index contributed by atoms with van der Waals surface area (Å²) in [6.07, 6.45) is 0. The summed E-state index contributed by atoms with van der Waals surface area (Å²) < 4.78 is 10.7. The number of amides is 1. The third-order valence-corrected chi connectivity index (χ3v) is 4.37. The highest BCUT2D eigenvalue weighted by Gasteiger charge is 2.09. The molecular weight excluding hydrogens is 348 g/mol. The first-order valence-electron chi connectivity index (χ1n) is 7.22. The number of aromatic nitrogens is 1. The summed E-state index contributed by atoms with van der Waals surface area (Å²) in [5.41, 5.74) is 2.34. The van der Waals surface area contributed by atoms with Gasteiger partial charge in [-0.3, -0.25) is 4.79 Å². The van der Waals surface area contributed by atoms with Crippen LogP contribution < -0.4 is 10.1 Å². The molecular formula is C17H15ClN2O3S. The number of rotatable bonds is 6. The molecule has 0 aliphatic carbocycles. The van der Waals surface area contributed by atoms with Gasteiger partial charge >= 0.3 is 0 Å². The van der Waals surface area contributed by atoms with Crippen LogP contribution >= 0.6 is 23.4 Å². The Labute approximate surface area is 148 Å². The minimum Gasteiger partial charge on any atom is -0.497 e. The lowest BCUT2D eigenvalue weighted by atomic mass is 10.2. The van der Waals surface area contributed by atoms with Crippen molar-refractivity contribution < 1.29 is 13.9 Å². The lowest BCUT2D eigenvalue weighted by Gasteiger charge is -2.05. The molecule has 0 saturated heterocycles. The number of benzene rings is 2. The van der Waals surface area contributed by atoms with Crippen molar-refractivity contribution in [3.63, 3.8) is 0 Å². The third kappa shape index (κ3) is 4.21. The van der Waals surface area contributed by atoms with Gasteiger partial charge in [-0.25, -0.2) is 4.98 Å². The summed E-state index contributed by atoms with van der Waals surface area (Å²) in [6.45, 7) is 0.465. The predicted molar refractivity (Wildman–Crippen MR) is 94.6 cm³/mol. The number of nitrogens with one attached hydrogen (secondary N) is 1. The number of methoxy groups -OCH3 is 1. The Kier molecular flexibility index (Phi) is 5.27. The van der Waals surface area contributed by atoms with Gasteiger partial charge in [0.1, 0.15) is 11.3 Å². The molecule has 0 bridgehead atoms. The molecule has 1 amide bonds. The smallest absolute Gasteiger partial charge is 0.257 e. The molecule has 0 atom stereocenters. The summed E-state index contributed by atoms with van der Waals surface area (Å²) >= 11 is 7.16. The maximum Gasteiger partial charge on any atom is 0.257 e. The number of oxazole rings is 1. The Morgan fingerprint density at radius 3 is 2.83 bits per heavy atom. The van der Waals surface area contributed by atoms with Crippen LogP contribution in [0, 0.1) is 0 Å². The Bertz CT molecular complexity index is 849. The minimum atomic E-state index is -0.0869. The van der Waals surface area contributed by atoms with E-state index in [9.17, 15) is 4.79 Å². The van der Waals surface area contributed by atoms with Gasteiger partial charge in [-0.2, -0.15) is 0 Å². The topological polar surface area (TPSA) is 64.4 Å². The molecule has 0 saturated carbocycles. The number of ether oxygens (including phenoxy) is 1. The molecule has 1 heterocycles. The van der Waals surface area contributed by atoms with Crippen LogP contribution in [0.25, 0.3) is 11.1 Å². The summed E-state index contributed by atoms with van der Waals surface area (Å²) in [5, 5.41) is 3.90. The number of fused-ring (bicyclic) bond motifs is 1. The molecule has 2 aromatic carbocycles. The molecule has 0 radical (unpaired) electrons. The monoisotopic (exact) mass is 362 g/mol. The number of halogens is 1. The molecule has 0 aliphatic heterocycles. The van der Waals surface area contributed by atoms with Crippen LogP contribution in [0.3, 0.4) is 0 Å². The lowest BCUT2D eigenvalue weighted by molar-refractivity contribution is -0.118. The van der Waals surface area contributed by atoms with Gasteiger partial charge in [-0.05, 0) is 29.8 Å². The van der Waals surface area contributed by atoms with Crippen molar-refractivity contribution in [2.75, 3.05) is 12.9 Å². The molecule has 0 aliphatic rings. The van der Waals surface area contributed by atoms with Crippen LogP contribution in [0.1, 0.15) is 5.56 Å². The van der Waals surface area contributed by atoms with E-state index in [4.69, 9.17) is 20.8 Å². The maximum atomic E-state index is 11.9. The molecule has 3 aromatic rings. The van der Waals surface area contributed by atoms with E-state index in [1.54, 1.807) is 25.3 Å². The molecule has 1 N–H and O–H groups in total. The zero-order chi connectivity index (χ0) is 16.9. The largest absolute Gasteiger partial charge is 0.497 e.